The third kappa shape index (κ3) is 1.52. The second-order valence-corrected chi connectivity index (χ2v) is 3.51. The third-order valence-electron chi connectivity index (χ3n) is 2.47. The van der Waals surface area contributed by atoms with Crippen LogP contribution in [-0.4, -0.2) is 37.1 Å². The SMILES string of the molecule is COc1cccnc1C1CN(C)C1. The van der Waals surface area contributed by atoms with Gasteiger partial charge in [-0.25, -0.2) is 0 Å². The van der Waals surface area contributed by atoms with Gasteiger partial charge in [0.15, 0.2) is 0 Å². The number of pyridine rings is 1. The Hall–Kier alpha value is -1.09. The first kappa shape index (κ1) is 8.51. The maximum Gasteiger partial charge on any atom is 0.140 e. The van der Waals surface area contributed by atoms with E-state index in [1.165, 1.54) is 0 Å². The largest absolute Gasteiger partial charge is 0.495 e. The molecule has 0 bridgehead atoms. The molecule has 13 heavy (non-hydrogen) atoms. The minimum Gasteiger partial charge on any atom is -0.495 e. The molecule has 1 aliphatic rings. The molecule has 1 aromatic rings. The lowest BCUT2D eigenvalue weighted by Gasteiger charge is -2.36. The third-order valence-corrected chi connectivity index (χ3v) is 2.47. The molecule has 0 saturated carbocycles. The monoisotopic (exact) mass is 178 g/mol. The van der Waals surface area contributed by atoms with Crippen molar-refractivity contribution in [3.8, 4) is 5.75 Å². The topological polar surface area (TPSA) is 25.4 Å². The quantitative estimate of drug-likeness (QED) is 0.678. The lowest BCUT2D eigenvalue weighted by Crippen LogP contribution is -2.42. The van der Waals surface area contributed by atoms with E-state index in [2.05, 4.69) is 16.9 Å². The first-order valence-electron chi connectivity index (χ1n) is 4.48. The molecule has 0 aliphatic carbocycles. The zero-order valence-corrected chi connectivity index (χ0v) is 8.03. The Morgan fingerprint density at radius 1 is 1.54 bits per heavy atom. The average Bonchev–Trinajstić information content (AvgIpc) is 2.13. The van der Waals surface area contributed by atoms with Crippen molar-refractivity contribution < 1.29 is 4.74 Å². The van der Waals surface area contributed by atoms with Crippen molar-refractivity contribution in [2.45, 2.75) is 5.92 Å². The fourth-order valence-corrected chi connectivity index (χ4v) is 1.75. The van der Waals surface area contributed by atoms with Crippen molar-refractivity contribution in [2.24, 2.45) is 0 Å². The Labute approximate surface area is 78.3 Å². The molecule has 0 aromatic carbocycles. The van der Waals surface area contributed by atoms with Gasteiger partial charge in [0, 0.05) is 25.2 Å². The number of rotatable bonds is 2. The standard InChI is InChI=1S/C10H14N2O/c1-12-6-8(7-12)10-9(13-2)4-3-5-11-10/h3-5,8H,6-7H2,1-2H3. The minimum atomic E-state index is 0.557. The molecule has 70 valence electrons. The minimum absolute atomic E-state index is 0.557. The average molecular weight is 178 g/mol. The van der Waals surface area contributed by atoms with Crippen LogP contribution in [-0.2, 0) is 0 Å². The summed E-state index contributed by atoms with van der Waals surface area (Å²) in [4.78, 5) is 6.63. The number of likely N-dealkylation sites (tertiary alicyclic amines) is 1. The van der Waals surface area contributed by atoms with E-state index in [1.54, 1.807) is 7.11 Å². The summed E-state index contributed by atoms with van der Waals surface area (Å²) in [6, 6.07) is 3.88. The number of methoxy groups -OCH3 is 1. The van der Waals surface area contributed by atoms with Crippen LogP contribution in [0, 0.1) is 0 Å². The van der Waals surface area contributed by atoms with E-state index in [-0.39, 0.29) is 0 Å². The summed E-state index contributed by atoms with van der Waals surface area (Å²) in [5.74, 6) is 1.47. The zero-order chi connectivity index (χ0) is 9.26. The number of aromatic nitrogens is 1. The van der Waals surface area contributed by atoms with Crippen LogP contribution in [0.5, 0.6) is 5.75 Å². The smallest absolute Gasteiger partial charge is 0.140 e. The summed E-state index contributed by atoms with van der Waals surface area (Å²) in [6.07, 6.45) is 1.83. The highest BCUT2D eigenvalue weighted by atomic mass is 16.5. The first-order chi connectivity index (χ1) is 6.31. The highest BCUT2D eigenvalue weighted by molar-refractivity contribution is 5.31. The van der Waals surface area contributed by atoms with Gasteiger partial charge in [-0.15, -0.1) is 0 Å². The van der Waals surface area contributed by atoms with E-state index in [4.69, 9.17) is 4.74 Å². The molecular weight excluding hydrogens is 164 g/mol. The van der Waals surface area contributed by atoms with E-state index in [0.29, 0.717) is 5.92 Å². The fraction of sp³-hybridized carbons (Fsp3) is 0.500. The van der Waals surface area contributed by atoms with Gasteiger partial charge in [-0.3, -0.25) is 4.98 Å². The Balaban J connectivity index is 2.19. The predicted octanol–water partition coefficient (Wildman–Crippen LogP) is 1.12. The van der Waals surface area contributed by atoms with Gasteiger partial charge in [0.25, 0.3) is 0 Å². The Kier molecular flexibility index (Phi) is 2.19. The van der Waals surface area contributed by atoms with Crippen LogP contribution >= 0.6 is 0 Å². The number of ether oxygens (including phenoxy) is 1. The molecule has 0 amide bonds. The Morgan fingerprint density at radius 2 is 2.31 bits per heavy atom. The van der Waals surface area contributed by atoms with E-state index >= 15 is 0 Å². The molecule has 3 heteroatoms. The van der Waals surface area contributed by atoms with Crippen molar-refractivity contribution in [3.05, 3.63) is 24.0 Å². The van der Waals surface area contributed by atoms with Gasteiger partial charge in [0.2, 0.25) is 0 Å². The van der Waals surface area contributed by atoms with Gasteiger partial charge < -0.3 is 9.64 Å². The van der Waals surface area contributed by atoms with Crippen LogP contribution in [0.4, 0.5) is 0 Å². The van der Waals surface area contributed by atoms with Crippen LogP contribution < -0.4 is 4.74 Å². The number of nitrogens with zero attached hydrogens (tertiary/aromatic N) is 2. The molecule has 0 unspecified atom stereocenters. The maximum atomic E-state index is 5.26. The summed E-state index contributed by atoms with van der Waals surface area (Å²) in [7, 11) is 3.81. The van der Waals surface area contributed by atoms with Crippen LogP contribution in [0.25, 0.3) is 0 Å². The number of hydrogen-bond acceptors (Lipinski definition) is 3. The highest BCUT2D eigenvalue weighted by Crippen LogP contribution is 2.30. The van der Waals surface area contributed by atoms with Crippen molar-refractivity contribution in [1.29, 1.82) is 0 Å². The number of likely N-dealkylation sites (N-methyl/N-ethyl adjacent to an activating group) is 1. The summed E-state index contributed by atoms with van der Waals surface area (Å²) >= 11 is 0. The number of hydrogen-bond donors (Lipinski definition) is 0. The van der Waals surface area contributed by atoms with Crippen LogP contribution in [0.15, 0.2) is 18.3 Å². The van der Waals surface area contributed by atoms with E-state index in [9.17, 15) is 0 Å². The molecule has 0 radical (unpaired) electrons. The van der Waals surface area contributed by atoms with E-state index in [0.717, 1.165) is 24.5 Å². The molecule has 3 nitrogen and oxygen atoms in total. The van der Waals surface area contributed by atoms with Crippen molar-refractivity contribution in [3.63, 3.8) is 0 Å². The van der Waals surface area contributed by atoms with Gasteiger partial charge >= 0.3 is 0 Å². The van der Waals surface area contributed by atoms with Crippen LogP contribution in [0.1, 0.15) is 11.6 Å². The summed E-state index contributed by atoms with van der Waals surface area (Å²) in [6.45, 7) is 2.18. The van der Waals surface area contributed by atoms with Crippen molar-refractivity contribution >= 4 is 0 Å². The molecule has 1 saturated heterocycles. The van der Waals surface area contributed by atoms with Crippen LogP contribution in [0.2, 0.25) is 0 Å². The molecule has 0 spiro atoms. The van der Waals surface area contributed by atoms with Crippen LogP contribution in [0.3, 0.4) is 0 Å². The molecule has 2 heterocycles. The van der Waals surface area contributed by atoms with Gasteiger partial charge in [-0.2, -0.15) is 0 Å². The van der Waals surface area contributed by atoms with Crippen molar-refractivity contribution in [2.75, 3.05) is 27.2 Å². The summed E-state index contributed by atoms with van der Waals surface area (Å²) < 4.78 is 5.26. The second kappa shape index (κ2) is 3.34. The first-order valence-corrected chi connectivity index (χ1v) is 4.48. The summed E-state index contributed by atoms with van der Waals surface area (Å²) in [5.41, 5.74) is 1.10. The molecule has 2 rings (SSSR count). The lowest BCUT2D eigenvalue weighted by molar-refractivity contribution is 0.183. The zero-order valence-electron chi connectivity index (χ0n) is 8.03. The van der Waals surface area contributed by atoms with Gasteiger partial charge in [-0.05, 0) is 19.2 Å². The molecular formula is C10H14N2O. The van der Waals surface area contributed by atoms with E-state index in [1.807, 2.05) is 18.3 Å². The second-order valence-electron chi connectivity index (χ2n) is 3.51. The van der Waals surface area contributed by atoms with Gasteiger partial charge in [-0.1, -0.05) is 0 Å². The van der Waals surface area contributed by atoms with E-state index < -0.39 is 0 Å². The predicted molar refractivity (Wildman–Crippen MR) is 51.0 cm³/mol. The Bertz CT molecular complexity index is 295. The summed E-state index contributed by atoms with van der Waals surface area (Å²) in [5, 5.41) is 0. The maximum absolute atomic E-state index is 5.26. The fourth-order valence-electron chi connectivity index (χ4n) is 1.75. The van der Waals surface area contributed by atoms with Gasteiger partial charge in [0.05, 0.1) is 12.8 Å². The highest BCUT2D eigenvalue weighted by Gasteiger charge is 2.28. The Morgan fingerprint density at radius 3 is 2.92 bits per heavy atom. The molecule has 0 N–H and O–H groups in total. The van der Waals surface area contributed by atoms with Crippen molar-refractivity contribution in [1.82, 2.24) is 9.88 Å². The molecule has 1 aromatic heterocycles. The normalized spacial score (nSPS) is 18.3. The molecule has 0 atom stereocenters. The van der Waals surface area contributed by atoms with Gasteiger partial charge in [0.1, 0.15) is 5.75 Å². The lowest BCUT2D eigenvalue weighted by atomic mass is 9.96. The molecule has 1 aliphatic heterocycles. The molecule has 1 fully saturated rings.